The quantitative estimate of drug-likeness (QED) is 0.643. The molecule has 0 spiro atoms. The number of nitrogens with one attached hydrogen (secondary N) is 1. The molecule has 0 aromatic carbocycles. The molecule has 2 atom stereocenters. The van der Waals surface area contributed by atoms with Crippen LogP contribution in [0.15, 0.2) is 0 Å². The zero-order chi connectivity index (χ0) is 10.1. The Bertz CT molecular complexity index is 204. The van der Waals surface area contributed by atoms with Crippen LogP contribution in [0.5, 0.6) is 0 Å². The third-order valence-corrected chi connectivity index (χ3v) is 2.14. The molecule has 1 aliphatic rings. The minimum absolute atomic E-state index is 0.341. The highest BCUT2D eigenvalue weighted by molar-refractivity contribution is 5.82. The van der Waals surface area contributed by atoms with Crippen molar-refractivity contribution in [2.75, 3.05) is 0 Å². The lowest BCUT2D eigenvalue weighted by Gasteiger charge is -2.17. The second-order valence-electron chi connectivity index (χ2n) is 3.17. The van der Waals surface area contributed by atoms with Gasteiger partial charge >= 0.3 is 12.1 Å². The molecule has 0 saturated heterocycles. The van der Waals surface area contributed by atoms with Crippen molar-refractivity contribution in [3.05, 3.63) is 0 Å². The predicted molar refractivity (Wildman–Crippen MR) is 39.8 cm³/mol. The highest BCUT2D eigenvalue weighted by Crippen LogP contribution is 2.20. The van der Waals surface area contributed by atoms with E-state index < -0.39 is 18.1 Å². The molecule has 13 heavy (non-hydrogen) atoms. The normalized spacial score (nSPS) is 28.9. The van der Waals surface area contributed by atoms with Crippen molar-refractivity contribution in [2.24, 2.45) is 5.73 Å². The molecular formula is C7H11F3N2O. The predicted octanol–water partition coefficient (Wildman–Crippen LogP) is 0.545. The van der Waals surface area contributed by atoms with Crippen LogP contribution in [0.3, 0.4) is 0 Å². The van der Waals surface area contributed by atoms with Crippen LogP contribution in [0.4, 0.5) is 13.2 Å². The molecule has 0 bridgehead atoms. The van der Waals surface area contributed by atoms with E-state index in [2.05, 4.69) is 0 Å². The Balaban J connectivity index is 2.45. The van der Waals surface area contributed by atoms with E-state index in [0.29, 0.717) is 12.8 Å². The first-order chi connectivity index (χ1) is 5.91. The first kappa shape index (κ1) is 10.3. The van der Waals surface area contributed by atoms with E-state index >= 15 is 0 Å². The maximum atomic E-state index is 11.8. The first-order valence-electron chi connectivity index (χ1n) is 4.04. The minimum Gasteiger partial charge on any atom is -0.344 e. The lowest BCUT2D eigenvalue weighted by atomic mass is 10.2. The fourth-order valence-electron chi connectivity index (χ4n) is 1.42. The highest BCUT2D eigenvalue weighted by atomic mass is 19.4. The third-order valence-electron chi connectivity index (χ3n) is 2.14. The largest absolute Gasteiger partial charge is 0.471 e. The average Bonchev–Trinajstić information content (AvgIpc) is 2.34. The van der Waals surface area contributed by atoms with Gasteiger partial charge in [-0.1, -0.05) is 0 Å². The number of rotatable bonds is 1. The third kappa shape index (κ3) is 2.58. The summed E-state index contributed by atoms with van der Waals surface area (Å²) in [6.45, 7) is 0. The van der Waals surface area contributed by atoms with Crippen molar-refractivity contribution in [3.8, 4) is 0 Å². The SMILES string of the molecule is N[C@H]1CCC[C@H]1NC(=O)C(F)(F)F. The summed E-state index contributed by atoms with van der Waals surface area (Å²) in [6.07, 6.45) is -2.84. The van der Waals surface area contributed by atoms with E-state index in [0.717, 1.165) is 6.42 Å². The second kappa shape index (κ2) is 3.53. The van der Waals surface area contributed by atoms with Gasteiger partial charge in [-0.15, -0.1) is 0 Å². The molecular weight excluding hydrogens is 185 g/mol. The molecule has 0 unspecified atom stereocenters. The summed E-state index contributed by atoms with van der Waals surface area (Å²) in [6, 6.07) is -0.861. The van der Waals surface area contributed by atoms with Gasteiger partial charge in [0, 0.05) is 12.1 Å². The lowest BCUT2D eigenvalue weighted by molar-refractivity contribution is -0.174. The summed E-state index contributed by atoms with van der Waals surface area (Å²) in [7, 11) is 0. The summed E-state index contributed by atoms with van der Waals surface area (Å²) in [5, 5.41) is 1.88. The minimum atomic E-state index is -4.80. The van der Waals surface area contributed by atoms with Gasteiger partial charge in [0.2, 0.25) is 0 Å². The monoisotopic (exact) mass is 196 g/mol. The average molecular weight is 196 g/mol. The molecule has 0 radical (unpaired) electrons. The van der Waals surface area contributed by atoms with Crippen LogP contribution in [0, 0.1) is 0 Å². The zero-order valence-electron chi connectivity index (χ0n) is 6.90. The van der Waals surface area contributed by atoms with Crippen LogP contribution in [0.2, 0.25) is 0 Å². The molecule has 0 aromatic heterocycles. The van der Waals surface area contributed by atoms with Crippen molar-refractivity contribution in [1.82, 2.24) is 5.32 Å². The van der Waals surface area contributed by atoms with Crippen LogP contribution < -0.4 is 11.1 Å². The van der Waals surface area contributed by atoms with E-state index in [4.69, 9.17) is 5.73 Å². The Hall–Kier alpha value is -0.780. The molecule has 0 aliphatic heterocycles. The van der Waals surface area contributed by atoms with E-state index in [9.17, 15) is 18.0 Å². The number of carbonyl (C=O) groups is 1. The summed E-state index contributed by atoms with van der Waals surface area (Å²) in [5.74, 6) is -1.89. The Morgan fingerprint density at radius 1 is 1.38 bits per heavy atom. The number of amides is 1. The van der Waals surface area contributed by atoms with Gasteiger partial charge in [0.15, 0.2) is 0 Å². The number of carbonyl (C=O) groups excluding carboxylic acids is 1. The van der Waals surface area contributed by atoms with Gasteiger partial charge in [-0.2, -0.15) is 13.2 Å². The Labute approximate surface area is 73.5 Å². The number of alkyl halides is 3. The molecule has 0 heterocycles. The molecule has 0 aromatic rings. The van der Waals surface area contributed by atoms with E-state index in [-0.39, 0.29) is 6.04 Å². The molecule has 1 rings (SSSR count). The Morgan fingerprint density at radius 3 is 2.38 bits per heavy atom. The van der Waals surface area contributed by atoms with E-state index in [1.54, 1.807) is 0 Å². The van der Waals surface area contributed by atoms with Crippen LogP contribution in [-0.4, -0.2) is 24.2 Å². The van der Waals surface area contributed by atoms with Crippen molar-refractivity contribution in [1.29, 1.82) is 0 Å². The number of nitrogens with two attached hydrogens (primary N) is 1. The van der Waals surface area contributed by atoms with Crippen molar-refractivity contribution >= 4 is 5.91 Å². The van der Waals surface area contributed by atoms with Gasteiger partial charge in [-0.05, 0) is 19.3 Å². The number of halogens is 3. The molecule has 6 heteroatoms. The highest BCUT2D eigenvalue weighted by Gasteiger charge is 2.41. The Kier molecular flexibility index (Phi) is 2.80. The molecule has 3 N–H and O–H groups in total. The molecule has 1 fully saturated rings. The lowest BCUT2D eigenvalue weighted by Crippen LogP contribution is -2.48. The maximum absolute atomic E-state index is 11.8. The van der Waals surface area contributed by atoms with E-state index in [1.807, 2.05) is 5.32 Å². The first-order valence-corrected chi connectivity index (χ1v) is 4.04. The van der Waals surface area contributed by atoms with Crippen LogP contribution >= 0.6 is 0 Å². The van der Waals surface area contributed by atoms with E-state index in [1.165, 1.54) is 0 Å². The molecule has 3 nitrogen and oxygen atoms in total. The standard InChI is InChI=1S/C7H11F3N2O/c8-7(9,10)6(13)12-5-3-1-2-4(5)11/h4-5H,1-3,11H2,(H,12,13)/t4-,5+/m0/s1. The summed E-state index contributed by atoms with van der Waals surface area (Å²) in [5.41, 5.74) is 5.49. The van der Waals surface area contributed by atoms with Crippen LogP contribution in [0.1, 0.15) is 19.3 Å². The van der Waals surface area contributed by atoms with Gasteiger partial charge < -0.3 is 11.1 Å². The number of hydrogen-bond acceptors (Lipinski definition) is 2. The second-order valence-corrected chi connectivity index (χ2v) is 3.17. The zero-order valence-corrected chi connectivity index (χ0v) is 6.90. The maximum Gasteiger partial charge on any atom is 0.471 e. The molecule has 1 amide bonds. The van der Waals surface area contributed by atoms with Gasteiger partial charge in [-0.3, -0.25) is 4.79 Å². The van der Waals surface area contributed by atoms with Gasteiger partial charge in [0.1, 0.15) is 0 Å². The summed E-state index contributed by atoms with van der Waals surface area (Å²) in [4.78, 5) is 10.5. The summed E-state index contributed by atoms with van der Waals surface area (Å²) >= 11 is 0. The van der Waals surface area contributed by atoms with Gasteiger partial charge in [-0.25, -0.2) is 0 Å². The fourth-order valence-corrected chi connectivity index (χ4v) is 1.42. The summed E-state index contributed by atoms with van der Waals surface area (Å²) < 4.78 is 35.3. The topological polar surface area (TPSA) is 55.1 Å². The van der Waals surface area contributed by atoms with Crippen molar-refractivity contribution in [2.45, 2.75) is 37.5 Å². The van der Waals surface area contributed by atoms with Crippen LogP contribution in [0.25, 0.3) is 0 Å². The van der Waals surface area contributed by atoms with Crippen molar-refractivity contribution < 1.29 is 18.0 Å². The van der Waals surface area contributed by atoms with Gasteiger partial charge in [0.25, 0.3) is 0 Å². The van der Waals surface area contributed by atoms with Gasteiger partial charge in [0.05, 0.1) is 0 Å². The smallest absolute Gasteiger partial charge is 0.344 e. The Morgan fingerprint density at radius 2 is 2.00 bits per heavy atom. The van der Waals surface area contributed by atoms with Crippen molar-refractivity contribution in [3.63, 3.8) is 0 Å². The van der Waals surface area contributed by atoms with Crippen LogP contribution in [-0.2, 0) is 4.79 Å². The molecule has 76 valence electrons. The number of hydrogen-bond donors (Lipinski definition) is 2. The fraction of sp³-hybridized carbons (Fsp3) is 0.857. The molecule has 1 aliphatic carbocycles. The molecule has 1 saturated carbocycles.